The van der Waals surface area contributed by atoms with Gasteiger partial charge in [-0.05, 0) is 25.3 Å². The summed E-state index contributed by atoms with van der Waals surface area (Å²) >= 11 is 0. The van der Waals surface area contributed by atoms with Gasteiger partial charge in [0.15, 0.2) is 5.78 Å². The molecule has 22 heavy (non-hydrogen) atoms. The first-order valence-corrected chi connectivity index (χ1v) is 8.34. The van der Waals surface area contributed by atoms with Gasteiger partial charge in [-0.3, -0.25) is 9.59 Å². The number of ketones is 1. The van der Waals surface area contributed by atoms with Crippen molar-refractivity contribution in [1.29, 1.82) is 0 Å². The molecule has 0 radical (unpaired) electrons. The molecule has 3 atom stereocenters. The second-order valence-corrected chi connectivity index (χ2v) is 6.03. The minimum Gasteiger partial charge on any atom is -0.481 e. The molecule has 0 saturated heterocycles. The third kappa shape index (κ3) is 7.03. The fraction of sp³-hybridized carbons (Fsp3) is 0.667. The van der Waals surface area contributed by atoms with Crippen LogP contribution in [0.3, 0.4) is 0 Å². The number of carbonyl (C=O) groups excluding carboxylic acids is 1. The largest absolute Gasteiger partial charge is 0.481 e. The fourth-order valence-electron chi connectivity index (χ4n) is 2.78. The summed E-state index contributed by atoms with van der Waals surface area (Å²) in [5.41, 5.74) is 0. The smallest absolute Gasteiger partial charge is 0.303 e. The van der Waals surface area contributed by atoms with Gasteiger partial charge in [0.1, 0.15) is 0 Å². The zero-order valence-corrected chi connectivity index (χ0v) is 13.4. The molecule has 1 aliphatic rings. The van der Waals surface area contributed by atoms with Crippen LogP contribution in [0.25, 0.3) is 0 Å². The molecule has 0 fully saturated rings. The number of aliphatic hydroxyl groups is 1. The highest BCUT2D eigenvalue weighted by molar-refractivity contribution is 5.94. The van der Waals surface area contributed by atoms with Crippen LogP contribution in [0.1, 0.15) is 58.3 Å². The van der Waals surface area contributed by atoms with Gasteiger partial charge in [-0.2, -0.15) is 0 Å². The van der Waals surface area contributed by atoms with Crippen LogP contribution in [0.5, 0.6) is 0 Å². The third-order valence-electron chi connectivity index (χ3n) is 4.13. The molecule has 0 aromatic carbocycles. The lowest BCUT2D eigenvalue weighted by Gasteiger charge is -2.15. The summed E-state index contributed by atoms with van der Waals surface area (Å²) in [6, 6.07) is 0. The van der Waals surface area contributed by atoms with Crippen LogP contribution in [-0.4, -0.2) is 28.1 Å². The van der Waals surface area contributed by atoms with Crippen LogP contribution in [0.4, 0.5) is 0 Å². The van der Waals surface area contributed by atoms with E-state index in [1.54, 1.807) is 12.2 Å². The van der Waals surface area contributed by atoms with Gasteiger partial charge < -0.3 is 10.2 Å². The summed E-state index contributed by atoms with van der Waals surface area (Å²) in [6.45, 7) is 2.13. The number of carbonyl (C=O) groups is 2. The monoisotopic (exact) mass is 308 g/mol. The highest BCUT2D eigenvalue weighted by atomic mass is 16.4. The van der Waals surface area contributed by atoms with E-state index in [4.69, 9.17) is 5.11 Å². The minimum absolute atomic E-state index is 0.0400. The Morgan fingerprint density at radius 1 is 1.32 bits per heavy atom. The predicted molar refractivity (Wildman–Crippen MR) is 86.5 cm³/mol. The first kappa shape index (κ1) is 18.6. The van der Waals surface area contributed by atoms with E-state index >= 15 is 0 Å². The van der Waals surface area contributed by atoms with E-state index in [9.17, 15) is 14.7 Å². The SMILES string of the molecule is CCCCC[C@H](O)/C=C/[C@H]1C=CC(=O)[C@H]1CCCCC(=O)O. The highest BCUT2D eigenvalue weighted by Crippen LogP contribution is 2.28. The standard InChI is InChI=1S/C18H28O4/c1-2-3-4-7-15(19)12-10-14-11-13-17(20)16(14)8-5-6-9-18(21)22/h10-16,19H,2-9H2,1H3,(H,21,22)/b12-10+/t14-,15-,16-/m0/s1. The molecule has 0 unspecified atom stereocenters. The molecule has 0 bridgehead atoms. The fourth-order valence-corrected chi connectivity index (χ4v) is 2.78. The van der Waals surface area contributed by atoms with E-state index in [1.807, 2.05) is 12.2 Å². The Labute approximate surface area is 132 Å². The molecule has 1 rings (SSSR count). The Bertz CT molecular complexity index is 411. The van der Waals surface area contributed by atoms with Crippen LogP contribution in [-0.2, 0) is 9.59 Å². The molecule has 1 aliphatic carbocycles. The zero-order chi connectivity index (χ0) is 16.4. The second-order valence-electron chi connectivity index (χ2n) is 6.03. The molecule has 0 aromatic heterocycles. The molecule has 124 valence electrons. The molecule has 4 nitrogen and oxygen atoms in total. The number of carboxylic acids is 1. The first-order valence-electron chi connectivity index (χ1n) is 8.34. The average Bonchev–Trinajstić information content (AvgIpc) is 2.82. The number of allylic oxidation sites excluding steroid dienone is 3. The number of rotatable bonds is 11. The van der Waals surface area contributed by atoms with Crippen molar-refractivity contribution in [3.05, 3.63) is 24.3 Å². The number of carboxylic acid groups (broad SMARTS) is 1. The highest BCUT2D eigenvalue weighted by Gasteiger charge is 2.27. The Morgan fingerprint density at radius 3 is 2.77 bits per heavy atom. The van der Waals surface area contributed by atoms with Gasteiger partial charge >= 0.3 is 5.97 Å². The van der Waals surface area contributed by atoms with E-state index in [0.29, 0.717) is 12.8 Å². The zero-order valence-electron chi connectivity index (χ0n) is 13.4. The second kappa shape index (κ2) is 10.3. The maximum Gasteiger partial charge on any atom is 0.303 e. The molecular formula is C18H28O4. The maximum absolute atomic E-state index is 11.9. The van der Waals surface area contributed by atoms with Gasteiger partial charge in [0.05, 0.1) is 6.10 Å². The molecule has 2 N–H and O–H groups in total. The van der Waals surface area contributed by atoms with E-state index in [0.717, 1.165) is 32.1 Å². The van der Waals surface area contributed by atoms with Crippen molar-refractivity contribution in [3.8, 4) is 0 Å². The van der Waals surface area contributed by atoms with Crippen LogP contribution < -0.4 is 0 Å². The van der Waals surface area contributed by atoms with Gasteiger partial charge in [0, 0.05) is 18.3 Å². The lowest BCUT2D eigenvalue weighted by atomic mass is 9.88. The molecular weight excluding hydrogens is 280 g/mol. The number of unbranched alkanes of at least 4 members (excludes halogenated alkanes) is 3. The van der Waals surface area contributed by atoms with Crippen LogP contribution in [0.2, 0.25) is 0 Å². The van der Waals surface area contributed by atoms with Gasteiger partial charge in [0.25, 0.3) is 0 Å². The maximum atomic E-state index is 11.9. The summed E-state index contributed by atoms with van der Waals surface area (Å²) in [5, 5.41) is 18.5. The first-order chi connectivity index (χ1) is 10.5. The van der Waals surface area contributed by atoms with Crippen molar-refractivity contribution in [2.24, 2.45) is 11.8 Å². The number of aliphatic hydroxyl groups excluding tert-OH is 1. The molecule has 0 saturated carbocycles. The Hall–Kier alpha value is -1.42. The third-order valence-corrected chi connectivity index (χ3v) is 4.13. The topological polar surface area (TPSA) is 74.6 Å². The molecule has 0 amide bonds. The van der Waals surface area contributed by atoms with Crippen LogP contribution in [0.15, 0.2) is 24.3 Å². The molecule has 0 aromatic rings. The van der Waals surface area contributed by atoms with Gasteiger partial charge in [0.2, 0.25) is 0 Å². The van der Waals surface area contributed by atoms with E-state index in [1.165, 1.54) is 0 Å². The predicted octanol–water partition coefficient (Wildman–Crippen LogP) is 3.50. The van der Waals surface area contributed by atoms with Crippen molar-refractivity contribution >= 4 is 11.8 Å². The van der Waals surface area contributed by atoms with Crippen molar-refractivity contribution in [1.82, 2.24) is 0 Å². The van der Waals surface area contributed by atoms with Gasteiger partial charge in [-0.1, -0.05) is 50.8 Å². The lowest BCUT2D eigenvalue weighted by molar-refractivity contribution is -0.137. The van der Waals surface area contributed by atoms with Crippen LogP contribution in [0, 0.1) is 11.8 Å². The molecule has 4 heteroatoms. The lowest BCUT2D eigenvalue weighted by Crippen LogP contribution is -2.15. The summed E-state index contributed by atoms with van der Waals surface area (Å²) < 4.78 is 0. The average molecular weight is 308 g/mol. The summed E-state index contributed by atoms with van der Waals surface area (Å²) in [7, 11) is 0. The van der Waals surface area contributed by atoms with Crippen molar-refractivity contribution < 1.29 is 19.8 Å². The summed E-state index contributed by atoms with van der Waals surface area (Å²) in [5.74, 6) is -0.723. The van der Waals surface area contributed by atoms with Gasteiger partial charge in [-0.25, -0.2) is 0 Å². The Morgan fingerprint density at radius 2 is 2.09 bits per heavy atom. The quantitative estimate of drug-likeness (QED) is 0.452. The van der Waals surface area contributed by atoms with Crippen molar-refractivity contribution in [2.45, 2.75) is 64.4 Å². The summed E-state index contributed by atoms with van der Waals surface area (Å²) in [4.78, 5) is 22.4. The van der Waals surface area contributed by atoms with Crippen LogP contribution >= 0.6 is 0 Å². The van der Waals surface area contributed by atoms with Crippen molar-refractivity contribution in [2.75, 3.05) is 0 Å². The van der Waals surface area contributed by atoms with E-state index < -0.39 is 12.1 Å². The molecule has 0 heterocycles. The number of aliphatic carboxylic acids is 1. The summed E-state index contributed by atoms with van der Waals surface area (Å²) in [6.07, 6.45) is 13.0. The minimum atomic E-state index is -0.789. The number of hydrogen-bond donors (Lipinski definition) is 2. The molecule has 0 aliphatic heterocycles. The molecule has 0 spiro atoms. The van der Waals surface area contributed by atoms with Gasteiger partial charge in [-0.15, -0.1) is 0 Å². The van der Waals surface area contributed by atoms with E-state index in [-0.39, 0.29) is 24.0 Å². The normalized spacial score (nSPS) is 22.5. The number of hydrogen-bond acceptors (Lipinski definition) is 3. The Balaban J connectivity index is 2.38. The Kier molecular flexibility index (Phi) is 8.75. The van der Waals surface area contributed by atoms with E-state index in [2.05, 4.69) is 6.92 Å². The van der Waals surface area contributed by atoms with Crippen molar-refractivity contribution in [3.63, 3.8) is 0 Å².